The zero-order valence-corrected chi connectivity index (χ0v) is 23.6. The second kappa shape index (κ2) is 14.9. The minimum atomic E-state index is -1.31. The van der Waals surface area contributed by atoms with Gasteiger partial charge < -0.3 is 24.4 Å². The normalized spacial score (nSPS) is 11.5. The van der Waals surface area contributed by atoms with E-state index in [1.54, 1.807) is 42.5 Å². The standard InChI is InChI=1S/C31H30FNO5S.Li/c1-20-7-3-4-8-23(20)26-17-21(11-13-24(26)30(34)33-28(31(35)36)15-16-39-2)18-37-19-22-12-14-29(38-22)25-9-5-6-10-27(25)32;/h3-14,17,28H,15-16,18-19H2,1-2H3,(H,33,34)(H,35,36);/q;+1/p-1/t28-;/m0./s1. The number of benzene rings is 3. The van der Waals surface area contributed by atoms with Gasteiger partial charge in [0.1, 0.15) is 23.9 Å². The van der Waals surface area contributed by atoms with Crippen LogP contribution in [0.4, 0.5) is 4.39 Å². The topological polar surface area (TPSA) is 91.6 Å². The van der Waals surface area contributed by atoms with Crippen molar-refractivity contribution in [3.05, 3.63) is 107 Å². The zero-order valence-electron chi connectivity index (χ0n) is 22.7. The molecule has 1 atom stereocenters. The molecule has 0 aliphatic carbocycles. The number of hydrogen-bond donors (Lipinski definition) is 1. The van der Waals surface area contributed by atoms with Crippen molar-refractivity contribution in [2.45, 2.75) is 32.6 Å². The SMILES string of the molecule is CSCC[C@H](NC(=O)c1ccc(COCc2ccc(-c3ccccc3F)o2)cc1-c1ccccc1C)C(=O)[O-].[Li+]. The molecule has 6 nitrogen and oxygen atoms in total. The molecule has 0 saturated heterocycles. The number of aryl methyl sites for hydroxylation is 1. The number of thioether (sulfide) groups is 1. The van der Waals surface area contributed by atoms with Crippen molar-refractivity contribution >= 4 is 23.6 Å². The predicted molar refractivity (Wildman–Crippen MR) is 148 cm³/mol. The summed E-state index contributed by atoms with van der Waals surface area (Å²) < 4.78 is 25.7. The Balaban J connectivity index is 0.00000441. The summed E-state index contributed by atoms with van der Waals surface area (Å²) in [6.45, 7) is 2.37. The molecule has 0 fully saturated rings. The van der Waals surface area contributed by atoms with Crippen LogP contribution in [0.3, 0.4) is 0 Å². The maximum atomic E-state index is 14.1. The fourth-order valence-corrected chi connectivity index (χ4v) is 4.70. The maximum Gasteiger partial charge on any atom is 1.00 e. The van der Waals surface area contributed by atoms with E-state index >= 15 is 0 Å². The van der Waals surface area contributed by atoms with Crippen molar-refractivity contribution in [3.63, 3.8) is 0 Å². The number of hydrogen-bond acceptors (Lipinski definition) is 6. The van der Waals surface area contributed by atoms with Crippen molar-refractivity contribution in [3.8, 4) is 22.5 Å². The van der Waals surface area contributed by atoms with Crippen LogP contribution in [0.1, 0.15) is 33.7 Å². The Kier molecular flexibility index (Phi) is 11.7. The molecule has 4 rings (SSSR count). The van der Waals surface area contributed by atoms with Gasteiger partial charge in [-0.15, -0.1) is 0 Å². The maximum absolute atomic E-state index is 14.1. The Morgan fingerprint density at radius 2 is 1.70 bits per heavy atom. The molecule has 0 saturated carbocycles. The molecule has 0 spiro atoms. The molecule has 0 unspecified atom stereocenters. The zero-order chi connectivity index (χ0) is 27.8. The molecular formula is C31H29FLiNO5S. The van der Waals surface area contributed by atoms with Gasteiger partial charge in [-0.25, -0.2) is 4.39 Å². The summed E-state index contributed by atoms with van der Waals surface area (Å²) in [6.07, 6.45) is 2.14. The van der Waals surface area contributed by atoms with Gasteiger partial charge in [0.2, 0.25) is 0 Å². The summed E-state index contributed by atoms with van der Waals surface area (Å²) in [4.78, 5) is 24.8. The molecule has 9 heteroatoms. The molecule has 0 bridgehead atoms. The van der Waals surface area contributed by atoms with Crippen molar-refractivity contribution in [2.24, 2.45) is 0 Å². The Bertz CT molecular complexity index is 1460. The smallest absolute Gasteiger partial charge is 0.548 e. The van der Waals surface area contributed by atoms with Crippen LogP contribution in [0, 0.1) is 12.7 Å². The number of nitrogens with one attached hydrogen (secondary N) is 1. The van der Waals surface area contributed by atoms with E-state index in [1.807, 2.05) is 43.5 Å². The van der Waals surface area contributed by atoms with Gasteiger partial charge in [-0.2, -0.15) is 11.8 Å². The van der Waals surface area contributed by atoms with Crippen LogP contribution in [0.2, 0.25) is 0 Å². The number of halogens is 1. The Morgan fingerprint density at radius 1 is 0.975 bits per heavy atom. The van der Waals surface area contributed by atoms with E-state index in [4.69, 9.17) is 9.15 Å². The third kappa shape index (κ3) is 7.89. The number of amides is 1. The molecule has 1 aromatic heterocycles. The summed E-state index contributed by atoms with van der Waals surface area (Å²) in [5, 5.41) is 14.2. The first kappa shape index (κ1) is 31.2. The van der Waals surface area contributed by atoms with E-state index in [1.165, 1.54) is 17.8 Å². The van der Waals surface area contributed by atoms with Crippen LogP contribution in [0.25, 0.3) is 22.5 Å². The number of carbonyl (C=O) groups is 2. The minimum absolute atomic E-state index is 0. The molecule has 0 radical (unpaired) electrons. The first-order valence-corrected chi connectivity index (χ1v) is 13.9. The molecule has 0 aliphatic heterocycles. The van der Waals surface area contributed by atoms with Crippen molar-refractivity contribution in [1.82, 2.24) is 5.32 Å². The minimum Gasteiger partial charge on any atom is -0.548 e. The third-order valence-electron chi connectivity index (χ3n) is 6.28. The third-order valence-corrected chi connectivity index (χ3v) is 6.92. The fourth-order valence-electron chi connectivity index (χ4n) is 4.23. The number of furan rings is 1. The van der Waals surface area contributed by atoms with E-state index < -0.39 is 17.9 Å². The van der Waals surface area contributed by atoms with Gasteiger partial charge in [0.15, 0.2) is 0 Å². The molecule has 1 amide bonds. The van der Waals surface area contributed by atoms with Crippen LogP contribution >= 0.6 is 11.8 Å². The number of ether oxygens (including phenoxy) is 1. The van der Waals surface area contributed by atoms with Crippen molar-refractivity contribution in [2.75, 3.05) is 12.0 Å². The molecule has 202 valence electrons. The summed E-state index contributed by atoms with van der Waals surface area (Å²) in [5.41, 5.74) is 4.08. The molecule has 1 N–H and O–H groups in total. The number of carboxylic acids is 1. The summed E-state index contributed by atoms with van der Waals surface area (Å²) in [5.74, 6) is -0.582. The van der Waals surface area contributed by atoms with Crippen LogP contribution in [-0.4, -0.2) is 29.9 Å². The molecule has 4 aromatic rings. The van der Waals surface area contributed by atoms with Crippen LogP contribution < -0.4 is 29.3 Å². The van der Waals surface area contributed by atoms with Gasteiger partial charge in [-0.05, 0) is 84.0 Å². The summed E-state index contributed by atoms with van der Waals surface area (Å²) in [7, 11) is 0. The fraction of sp³-hybridized carbons (Fsp3) is 0.226. The van der Waals surface area contributed by atoms with E-state index in [-0.39, 0.29) is 44.3 Å². The average molecular weight is 554 g/mol. The first-order valence-electron chi connectivity index (χ1n) is 12.5. The van der Waals surface area contributed by atoms with E-state index in [9.17, 15) is 19.1 Å². The number of carboxylic acid groups (broad SMARTS) is 1. The Hall–Kier alpha value is -3.28. The van der Waals surface area contributed by atoms with Gasteiger partial charge in [-0.3, -0.25) is 4.79 Å². The molecule has 3 aromatic carbocycles. The van der Waals surface area contributed by atoms with Crippen LogP contribution in [0.15, 0.2) is 83.3 Å². The van der Waals surface area contributed by atoms with E-state index in [0.29, 0.717) is 34.0 Å². The summed E-state index contributed by atoms with van der Waals surface area (Å²) >= 11 is 1.50. The van der Waals surface area contributed by atoms with Crippen LogP contribution in [-0.2, 0) is 22.7 Å². The van der Waals surface area contributed by atoms with Crippen molar-refractivity contribution in [1.29, 1.82) is 0 Å². The molecular weight excluding hydrogens is 524 g/mol. The largest absolute Gasteiger partial charge is 1.00 e. The number of rotatable bonds is 12. The number of carbonyl (C=O) groups excluding carboxylic acids is 2. The number of aliphatic carboxylic acids is 1. The quantitative estimate of drug-likeness (QED) is 0.271. The van der Waals surface area contributed by atoms with Gasteiger partial charge >= 0.3 is 18.9 Å². The Labute approximate surface area is 249 Å². The molecule has 1 heterocycles. The van der Waals surface area contributed by atoms with Gasteiger partial charge in [-0.1, -0.05) is 42.5 Å². The predicted octanol–water partition coefficient (Wildman–Crippen LogP) is 2.38. The van der Waals surface area contributed by atoms with Crippen molar-refractivity contribution < 1.29 is 47.1 Å². The molecule has 40 heavy (non-hydrogen) atoms. The van der Waals surface area contributed by atoms with Gasteiger partial charge in [0.25, 0.3) is 5.91 Å². The van der Waals surface area contributed by atoms with Crippen LogP contribution in [0.5, 0.6) is 0 Å². The second-order valence-corrected chi connectivity index (χ2v) is 10.0. The Morgan fingerprint density at radius 3 is 2.40 bits per heavy atom. The average Bonchev–Trinajstić information content (AvgIpc) is 3.40. The summed E-state index contributed by atoms with van der Waals surface area (Å²) in [6, 6.07) is 21.8. The molecule has 0 aliphatic rings. The van der Waals surface area contributed by atoms with E-state index in [0.717, 1.165) is 16.7 Å². The first-order chi connectivity index (χ1) is 18.9. The van der Waals surface area contributed by atoms with Gasteiger partial charge in [0.05, 0.1) is 24.2 Å². The van der Waals surface area contributed by atoms with Gasteiger partial charge in [0, 0.05) is 5.56 Å². The second-order valence-electron chi connectivity index (χ2n) is 9.06. The monoisotopic (exact) mass is 553 g/mol. The van der Waals surface area contributed by atoms with E-state index in [2.05, 4.69) is 5.32 Å².